The molecule has 0 heterocycles. The maximum atomic E-state index is 13.3. The Balaban J connectivity index is 2.24. The van der Waals surface area contributed by atoms with Gasteiger partial charge in [-0.1, -0.05) is 19.1 Å². The monoisotopic (exact) mass is 206 g/mol. The van der Waals surface area contributed by atoms with Gasteiger partial charge in [0.25, 0.3) is 0 Å². The van der Waals surface area contributed by atoms with Crippen molar-refractivity contribution in [1.29, 1.82) is 0 Å². The van der Waals surface area contributed by atoms with Crippen molar-refractivity contribution in [3.8, 4) is 0 Å². The van der Waals surface area contributed by atoms with E-state index in [1.165, 1.54) is 18.2 Å². The van der Waals surface area contributed by atoms with Crippen LogP contribution < -0.4 is 0 Å². The quantitative estimate of drug-likeness (QED) is 0.561. The Bertz CT molecular complexity index is 427. The molecule has 1 aromatic carbocycles. The molecule has 1 saturated carbocycles. The highest BCUT2D eigenvalue weighted by Crippen LogP contribution is 2.51. The number of rotatable bonds is 3. The van der Waals surface area contributed by atoms with Crippen molar-refractivity contribution in [3.05, 3.63) is 35.6 Å². The second-order valence-electron chi connectivity index (χ2n) is 4.22. The lowest BCUT2D eigenvalue weighted by molar-refractivity contribution is -0.112. The lowest BCUT2D eigenvalue weighted by atomic mass is 10.0. The Morgan fingerprint density at radius 3 is 2.73 bits per heavy atom. The normalized spacial score (nSPS) is 28.5. The summed E-state index contributed by atoms with van der Waals surface area (Å²) in [6.45, 7) is 1.73. The molecule has 2 unspecified atom stereocenters. The van der Waals surface area contributed by atoms with Crippen molar-refractivity contribution in [3.63, 3.8) is 0 Å². The predicted molar refractivity (Wildman–Crippen MR) is 53.0 cm³/mol. The number of aldehydes is 1. The minimum absolute atomic E-state index is 0.0908. The second-order valence-corrected chi connectivity index (χ2v) is 4.22. The maximum Gasteiger partial charge on any atom is 0.169 e. The summed E-state index contributed by atoms with van der Waals surface area (Å²) in [7, 11) is 0. The Hall–Kier alpha value is -1.51. The number of carbonyl (C=O) groups excluding carboxylic acids is 2. The fourth-order valence-corrected chi connectivity index (χ4v) is 1.75. The summed E-state index contributed by atoms with van der Waals surface area (Å²) in [5, 5.41) is 0. The van der Waals surface area contributed by atoms with Crippen LogP contribution in [0.3, 0.4) is 0 Å². The van der Waals surface area contributed by atoms with Crippen LogP contribution in [-0.2, 0) is 4.79 Å². The summed E-state index contributed by atoms with van der Waals surface area (Å²) < 4.78 is 13.3. The number of ketones is 1. The molecule has 1 aromatic rings. The number of hydrogen-bond acceptors (Lipinski definition) is 2. The molecule has 0 aliphatic heterocycles. The first-order chi connectivity index (χ1) is 7.08. The van der Waals surface area contributed by atoms with Crippen molar-refractivity contribution in [2.45, 2.75) is 13.3 Å². The number of carbonyl (C=O) groups is 2. The summed E-state index contributed by atoms with van der Waals surface area (Å²) >= 11 is 0. The molecule has 0 saturated heterocycles. The molecule has 78 valence electrons. The molecule has 0 aromatic heterocycles. The van der Waals surface area contributed by atoms with Crippen LogP contribution in [-0.4, -0.2) is 12.1 Å². The smallest absolute Gasteiger partial charge is 0.169 e. The molecule has 2 atom stereocenters. The number of halogens is 1. The van der Waals surface area contributed by atoms with Crippen LogP contribution in [0, 0.1) is 17.2 Å². The Morgan fingerprint density at radius 2 is 2.20 bits per heavy atom. The van der Waals surface area contributed by atoms with E-state index in [1.807, 2.05) is 0 Å². The summed E-state index contributed by atoms with van der Waals surface area (Å²) in [6, 6.07) is 5.88. The van der Waals surface area contributed by atoms with Gasteiger partial charge < -0.3 is 4.79 Å². The largest absolute Gasteiger partial charge is 0.303 e. The SMILES string of the molecule is CC1(C=O)CC1C(=O)c1ccccc1F. The Labute approximate surface area is 87.1 Å². The predicted octanol–water partition coefficient (Wildman–Crippen LogP) is 2.23. The molecule has 0 bridgehead atoms. The lowest BCUT2D eigenvalue weighted by Crippen LogP contribution is -2.11. The number of benzene rings is 1. The average molecular weight is 206 g/mol. The Kier molecular flexibility index (Phi) is 2.18. The second kappa shape index (κ2) is 3.26. The highest BCUT2D eigenvalue weighted by molar-refractivity contribution is 6.02. The van der Waals surface area contributed by atoms with Gasteiger partial charge in [-0.2, -0.15) is 0 Å². The van der Waals surface area contributed by atoms with Crippen molar-refractivity contribution < 1.29 is 14.0 Å². The third-order valence-corrected chi connectivity index (χ3v) is 3.00. The first-order valence-electron chi connectivity index (χ1n) is 4.83. The van der Waals surface area contributed by atoms with Gasteiger partial charge in [-0.25, -0.2) is 4.39 Å². The fraction of sp³-hybridized carbons (Fsp3) is 0.333. The highest BCUT2D eigenvalue weighted by Gasteiger charge is 2.54. The van der Waals surface area contributed by atoms with Crippen LogP contribution in [0.2, 0.25) is 0 Å². The van der Waals surface area contributed by atoms with Crippen molar-refractivity contribution in [2.24, 2.45) is 11.3 Å². The van der Waals surface area contributed by atoms with E-state index in [0.717, 1.165) is 6.29 Å². The van der Waals surface area contributed by atoms with Crippen molar-refractivity contribution in [2.75, 3.05) is 0 Å². The standard InChI is InChI=1S/C12H11FO2/c1-12(7-14)6-9(12)11(15)8-4-2-3-5-10(8)13/h2-5,7,9H,6H2,1H3. The van der Waals surface area contributed by atoms with Crippen molar-refractivity contribution >= 4 is 12.1 Å². The lowest BCUT2D eigenvalue weighted by Gasteiger charge is -2.02. The molecular formula is C12H11FO2. The molecule has 1 aliphatic rings. The van der Waals surface area contributed by atoms with E-state index in [1.54, 1.807) is 13.0 Å². The zero-order valence-electron chi connectivity index (χ0n) is 8.37. The topological polar surface area (TPSA) is 34.1 Å². The maximum absolute atomic E-state index is 13.3. The van der Waals surface area contributed by atoms with E-state index in [4.69, 9.17) is 0 Å². The van der Waals surface area contributed by atoms with Gasteiger partial charge in [0.15, 0.2) is 5.78 Å². The van der Waals surface area contributed by atoms with Gasteiger partial charge in [-0.3, -0.25) is 4.79 Å². The van der Waals surface area contributed by atoms with Gasteiger partial charge in [-0.15, -0.1) is 0 Å². The van der Waals surface area contributed by atoms with E-state index in [0.29, 0.717) is 6.42 Å². The molecule has 1 fully saturated rings. The minimum atomic E-state index is -0.570. The zero-order chi connectivity index (χ0) is 11.1. The van der Waals surface area contributed by atoms with Gasteiger partial charge in [0.2, 0.25) is 0 Å². The Morgan fingerprint density at radius 1 is 1.53 bits per heavy atom. The van der Waals surface area contributed by atoms with Crippen molar-refractivity contribution in [1.82, 2.24) is 0 Å². The van der Waals surface area contributed by atoms with Crippen LogP contribution in [0.5, 0.6) is 0 Å². The first kappa shape index (κ1) is 10.0. The molecule has 0 spiro atoms. The van der Waals surface area contributed by atoms with Gasteiger partial charge in [0.05, 0.1) is 5.56 Å². The van der Waals surface area contributed by atoms with E-state index in [-0.39, 0.29) is 17.3 Å². The molecule has 0 N–H and O–H groups in total. The van der Waals surface area contributed by atoms with Gasteiger partial charge in [0.1, 0.15) is 12.1 Å². The van der Waals surface area contributed by atoms with Gasteiger partial charge in [-0.05, 0) is 18.6 Å². The fourth-order valence-electron chi connectivity index (χ4n) is 1.75. The van der Waals surface area contributed by atoms with Crippen LogP contribution in [0.15, 0.2) is 24.3 Å². The molecule has 0 radical (unpaired) electrons. The van der Waals surface area contributed by atoms with Crippen LogP contribution in [0.1, 0.15) is 23.7 Å². The van der Waals surface area contributed by atoms with Crippen LogP contribution >= 0.6 is 0 Å². The van der Waals surface area contributed by atoms with E-state index >= 15 is 0 Å². The molecule has 2 rings (SSSR count). The third kappa shape index (κ3) is 1.58. The molecule has 1 aliphatic carbocycles. The third-order valence-electron chi connectivity index (χ3n) is 3.00. The van der Waals surface area contributed by atoms with E-state index in [9.17, 15) is 14.0 Å². The number of Topliss-reactive ketones (excluding diaryl/α,β-unsaturated/α-hetero) is 1. The molecule has 0 amide bonds. The van der Waals surface area contributed by atoms with Crippen LogP contribution in [0.4, 0.5) is 4.39 Å². The summed E-state index contributed by atoms with van der Waals surface area (Å²) in [5.41, 5.74) is -0.479. The van der Waals surface area contributed by atoms with E-state index in [2.05, 4.69) is 0 Å². The molecular weight excluding hydrogens is 195 g/mol. The number of hydrogen-bond donors (Lipinski definition) is 0. The minimum Gasteiger partial charge on any atom is -0.303 e. The van der Waals surface area contributed by atoms with Gasteiger partial charge in [0, 0.05) is 11.3 Å². The summed E-state index contributed by atoms with van der Waals surface area (Å²) in [5.74, 6) is -1.11. The van der Waals surface area contributed by atoms with Gasteiger partial charge >= 0.3 is 0 Å². The molecule has 2 nitrogen and oxygen atoms in total. The van der Waals surface area contributed by atoms with Crippen LogP contribution in [0.25, 0.3) is 0 Å². The highest BCUT2D eigenvalue weighted by atomic mass is 19.1. The molecule has 15 heavy (non-hydrogen) atoms. The first-order valence-corrected chi connectivity index (χ1v) is 4.83. The summed E-state index contributed by atoms with van der Waals surface area (Å²) in [6.07, 6.45) is 1.32. The summed E-state index contributed by atoms with van der Waals surface area (Å²) in [4.78, 5) is 22.5. The van der Waals surface area contributed by atoms with E-state index < -0.39 is 11.2 Å². The zero-order valence-corrected chi connectivity index (χ0v) is 8.37. The average Bonchev–Trinajstić information content (AvgIpc) is 2.92. The molecule has 3 heteroatoms.